The zero-order chi connectivity index (χ0) is 30.4. The number of carbonyl (C=O) groups is 4. The lowest BCUT2D eigenvalue weighted by Crippen LogP contribution is -2.54. The van der Waals surface area contributed by atoms with E-state index >= 15 is 0 Å². The zero-order valence-corrected chi connectivity index (χ0v) is 24.5. The second-order valence-electron chi connectivity index (χ2n) is 13.3. The summed E-state index contributed by atoms with van der Waals surface area (Å²) in [6, 6.07) is 27.1. The van der Waals surface area contributed by atoms with Gasteiger partial charge in [0.05, 0.1) is 17.5 Å². The Labute approximate surface area is 263 Å². The van der Waals surface area contributed by atoms with Crippen LogP contribution in [0, 0.1) is 47.3 Å². The van der Waals surface area contributed by atoms with Crippen LogP contribution in [-0.4, -0.2) is 28.5 Å². The molecule has 3 aromatic carbocycles. The Morgan fingerprint density at radius 2 is 1.16 bits per heavy atom. The first-order valence-electron chi connectivity index (χ1n) is 15.9. The summed E-state index contributed by atoms with van der Waals surface area (Å²) in [6.07, 6.45) is 5.69. The third-order valence-electron chi connectivity index (χ3n) is 11.0. The number of allylic oxidation sites excluding steroid dienone is 4. The highest BCUT2D eigenvalue weighted by Crippen LogP contribution is 2.65. The molecule has 8 unspecified atom stereocenters. The molecule has 5 fully saturated rings. The average Bonchev–Trinajstić information content (AvgIpc) is 3.57. The van der Waals surface area contributed by atoms with Crippen LogP contribution in [0.2, 0.25) is 0 Å². The van der Waals surface area contributed by atoms with Crippen LogP contribution in [0.1, 0.15) is 22.1 Å². The van der Waals surface area contributed by atoms with Crippen LogP contribution >= 0.6 is 0 Å². The van der Waals surface area contributed by atoms with Crippen molar-refractivity contribution in [2.45, 2.75) is 19.3 Å². The third kappa shape index (κ3) is 3.97. The fourth-order valence-corrected chi connectivity index (χ4v) is 9.08. The molecule has 2 bridgehead atoms. The number of rotatable bonds is 6. The highest BCUT2D eigenvalue weighted by molar-refractivity contribution is 6.18. The zero-order valence-electron chi connectivity index (χ0n) is 24.5. The number of piperidine rings is 1. The smallest absolute Gasteiger partial charge is 0.237 e. The molecule has 4 aliphatic carbocycles. The SMILES string of the molecule is O=C1C2C3CC(C4C(=O)N(c5ccc(Nc6ccccc6)cc5)C(=O)CC34)C2C(=O)N1C1=CC=C(Nc2ccccc2)C2CC12.[HH].[HH]. The second-order valence-corrected chi connectivity index (χ2v) is 13.3. The number of likely N-dealkylation sites (tertiary alicyclic amines) is 1. The van der Waals surface area contributed by atoms with E-state index in [0.29, 0.717) is 12.1 Å². The topological polar surface area (TPSA) is 98.8 Å². The number of nitrogens with one attached hydrogen (secondary N) is 2. The Kier molecular flexibility index (Phi) is 5.73. The van der Waals surface area contributed by atoms with Gasteiger partial charge in [0.1, 0.15) is 0 Å². The van der Waals surface area contributed by atoms with E-state index < -0.39 is 17.8 Å². The molecule has 2 N–H and O–H groups in total. The number of para-hydroxylation sites is 2. The van der Waals surface area contributed by atoms with Gasteiger partial charge in [-0.15, -0.1) is 0 Å². The van der Waals surface area contributed by atoms with Crippen LogP contribution in [0.25, 0.3) is 0 Å². The summed E-state index contributed by atoms with van der Waals surface area (Å²) >= 11 is 0. The van der Waals surface area contributed by atoms with E-state index in [0.717, 1.165) is 34.9 Å². The Morgan fingerprint density at radius 1 is 0.556 bits per heavy atom. The number of benzene rings is 3. The van der Waals surface area contributed by atoms with Crippen LogP contribution in [0.5, 0.6) is 0 Å². The van der Waals surface area contributed by atoms with Crippen molar-refractivity contribution in [2.24, 2.45) is 47.3 Å². The van der Waals surface area contributed by atoms with E-state index in [1.54, 1.807) is 12.1 Å². The van der Waals surface area contributed by atoms with E-state index in [9.17, 15) is 19.2 Å². The first-order chi connectivity index (χ1) is 22.0. The van der Waals surface area contributed by atoms with Gasteiger partial charge in [-0.25, -0.2) is 0 Å². The fraction of sp³-hybridized carbons (Fsp3) is 0.297. The number of hydrogen-bond acceptors (Lipinski definition) is 6. The molecule has 2 saturated heterocycles. The second kappa shape index (κ2) is 9.76. The number of amides is 4. The first-order valence-corrected chi connectivity index (χ1v) is 15.9. The van der Waals surface area contributed by atoms with E-state index in [-0.39, 0.29) is 62.5 Å². The summed E-state index contributed by atoms with van der Waals surface area (Å²) in [4.78, 5) is 58.3. The minimum absolute atomic E-state index is 0. The predicted molar refractivity (Wildman–Crippen MR) is 173 cm³/mol. The first kappa shape index (κ1) is 26.4. The number of nitrogens with zero attached hydrogens (tertiary/aromatic N) is 2. The molecule has 0 radical (unpaired) electrons. The summed E-state index contributed by atoms with van der Waals surface area (Å²) in [6.45, 7) is 0. The molecule has 45 heavy (non-hydrogen) atoms. The molecule has 3 aromatic rings. The lowest BCUT2D eigenvalue weighted by atomic mass is 9.66. The van der Waals surface area contributed by atoms with Gasteiger partial charge >= 0.3 is 0 Å². The standard InChI is InChI=1S/C37H32N4O4.2H2/c42-31-19-27-26-18-28(32(27)35(43)40(31)23-13-11-22(12-14-23)38-20-7-3-1-4-8-20)34-33(26)36(44)41(37(34)45)30-16-15-29(24-17-25(24)30)39-21-9-5-2-6-10-21;;/h1-16,24-28,32-34,38-39H,17-19H2;2*1H. The van der Waals surface area contributed by atoms with E-state index in [2.05, 4.69) is 10.6 Å². The molecule has 3 saturated carbocycles. The van der Waals surface area contributed by atoms with Crippen LogP contribution in [0.4, 0.5) is 22.7 Å². The lowest BCUT2D eigenvalue weighted by Gasteiger charge is -2.41. The summed E-state index contributed by atoms with van der Waals surface area (Å²) in [5.74, 6) is -2.28. The molecule has 0 spiro atoms. The molecule has 9 rings (SSSR count). The number of anilines is 4. The van der Waals surface area contributed by atoms with Crippen molar-refractivity contribution < 1.29 is 22.0 Å². The third-order valence-corrected chi connectivity index (χ3v) is 11.0. The number of imide groups is 2. The molecule has 0 aromatic heterocycles. The van der Waals surface area contributed by atoms with Gasteiger partial charge in [0.2, 0.25) is 23.6 Å². The van der Waals surface area contributed by atoms with Gasteiger partial charge in [0, 0.05) is 55.5 Å². The maximum Gasteiger partial charge on any atom is 0.237 e. The van der Waals surface area contributed by atoms with Gasteiger partial charge in [0.25, 0.3) is 0 Å². The maximum absolute atomic E-state index is 14.0. The summed E-state index contributed by atoms with van der Waals surface area (Å²) in [7, 11) is 0. The molecule has 2 aliphatic heterocycles. The predicted octanol–water partition coefficient (Wildman–Crippen LogP) is 6.20. The van der Waals surface area contributed by atoms with Crippen molar-refractivity contribution in [1.82, 2.24) is 4.90 Å². The van der Waals surface area contributed by atoms with Gasteiger partial charge < -0.3 is 10.6 Å². The maximum atomic E-state index is 14.0. The molecule has 4 amide bonds. The molecule has 6 aliphatic rings. The summed E-state index contributed by atoms with van der Waals surface area (Å²) in [5, 5.41) is 6.82. The van der Waals surface area contributed by atoms with Crippen molar-refractivity contribution in [2.75, 3.05) is 15.5 Å². The molecule has 228 valence electrons. The lowest BCUT2D eigenvalue weighted by molar-refractivity contribution is -0.141. The Hall–Kier alpha value is -4.98. The van der Waals surface area contributed by atoms with Crippen molar-refractivity contribution in [3.63, 3.8) is 0 Å². The van der Waals surface area contributed by atoms with E-state index in [1.165, 1.54) is 9.80 Å². The monoisotopic (exact) mass is 600 g/mol. The average molecular weight is 601 g/mol. The van der Waals surface area contributed by atoms with Crippen molar-refractivity contribution in [3.8, 4) is 0 Å². The van der Waals surface area contributed by atoms with Crippen LogP contribution in [0.15, 0.2) is 108 Å². The molecular weight excluding hydrogens is 564 g/mol. The number of carbonyl (C=O) groups excluding carboxylic acids is 4. The van der Waals surface area contributed by atoms with Gasteiger partial charge in [-0.05, 0) is 91.3 Å². The van der Waals surface area contributed by atoms with Gasteiger partial charge in [-0.3, -0.25) is 29.0 Å². The van der Waals surface area contributed by atoms with Crippen molar-refractivity contribution in [1.29, 1.82) is 0 Å². The van der Waals surface area contributed by atoms with Crippen molar-refractivity contribution >= 4 is 46.4 Å². The Balaban J connectivity index is 0.00000176. The number of fused-ring (bicyclic) bond motifs is 9. The summed E-state index contributed by atoms with van der Waals surface area (Å²) in [5.41, 5.74) is 5.25. The normalized spacial score (nSPS) is 32.5. The minimum Gasteiger partial charge on any atom is -0.359 e. The molecule has 8 nitrogen and oxygen atoms in total. The van der Waals surface area contributed by atoms with E-state index in [4.69, 9.17) is 0 Å². The fourth-order valence-electron chi connectivity index (χ4n) is 9.08. The molecule has 8 heteroatoms. The molecular formula is C37H36N4O4. The molecule has 2 heterocycles. The van der Waals surface area contributed by atoms with Crippen LogP contribution < -0.4 is 15.5 Å². The van der Waals surface area contributed by atoms with Gasteiger partial charge in [-0.1, -0.05) is 36.4 Å². The Morgan fingerprint density at radius 3 is 1.84 bits per heavy atom. The van der Waals surface area contributed by atoms with Crippen molar-refractivity contribution in [3.05, 3.63) is 108 Å². The van der Waals surface area contributed by atoms with Crippen LogP contribution in [-0.2, 0) is 19.2 Å². The number of hydrogen-bond donors (Lipinski definition) is 2. The highest BCUT2D eigenvalue weighted by Gasteiger charge is 2.71. The van der Waals surface area contributed by atoms with Gasteiger partial charge in [0.15, 0.2) is 0 Å². The highest BCUT2D eigenvalue weighted by atomic mass is 16.2. The Bertz CT molecular complexity index is 1830. The largest absolute Gasteiger partial charge is 0.359 e. The quantitative estimate of drug-likeness (QED) is 0.327. The van der Waals surface area contributed by atoms with Crippen LogP contribution in [0.3, 0.4) is 0 Å². The minimum atomic E-state index is -0.494. The summed E-state index contributed by atoms with van der Waals surface area (Å²) < 4.78 is 0. The van der Waals surface area contributed by atoms with E-state index in [1.807, 2.05) is 84.9 Å². The van der Waals surface area contributed by atoms with Gasteiger partial charge in [-0.2, -0.15) is 0 Å². The molecule has 8 atom stereocenters.